The summed E-state index contributed by atoms with van der Waals surface area (Å²) < 4.78 is 26.3. The second-order valence-corrected chi connectivity index (χ2v) is 9.73. The lowest BCUT2D eigenvalue weighted by atomic mass is 9.74. The van der Waals surface area contributed by atoms with Crippen LogP contribution in [0.2, 0.25) is 10.0 Å². The van der Waals surface area contributed by atoms with Crippen molar-refractivity contribution in [1.29, 1.82) is 0 Å². The minimum absolute atomic E-state index is 0.131. The maximum atomic E-state index is 13.2. The van der Waals surface area contributed by atoms with Crippen molar-refractivity contribution >= 4 is 38.6 Å². The monoisotopic (exact) mass is 392 g/mol. The van der Waals surface area contributed by atoms with Gasteiger partial charge < -0.3 is 0 Å². The first-order chi connectivity index (χ1) is 12.0. The van der Waals surface area contributed by atoms with Gasteiger partial charge in [-0.15, -0.1) is 0 Å². The topological polar surface area (TPSA) is 34.1 Å². The van der Waals surface area contributed by atoms with E-state index in [1.807, 2.05) is 18.2 Å². The van der Waals surface area contributed by atoms with E-state index in [2.05, 4.69) is 12.1 Å². The summed E-state index contributed by atoms with van der Waals surface area (Å²) in [7, 11) is -3.56. The molecule has 25 heavy (non-hydrogen) atoms. The summed E-state index contributed by atoms with van der Waals surface area (Å²) in [5, 5.41) is 0.0576. The van der Waals surface area contributed by atoms with Crippen molar-refractivity contribution in [2.75, 3.05) is 0 Å². The van der Waals surface area contributed by atoms with E-state index >= 15 is 0 Å². The molecular weight excluding hydrogens is 375 g/mol. The highest BCUT2D eigenvalue weighted by Crippen LogP contribution is 2.43. The van der Waals surface area contributed by atoms with Crippen molar-refractivity contribution in [2.45, 2.75) is 35.8 Å². The van der Waals surface area contributed by atoms with E-state index in [0.29, 0.717) is 17.4 Å². The molecule has 2 aliphatic carbocycles. The van der Waals surface area contributed by atoms with Crippen LogP contribution < -0.4 is 0 Å². The van der Waals surface area contributed by atoms with Crippen molar-refractivity contribution < 1.29 is 8.42 Å². The van der Waals surface area contributed by atoms with E-state index < -0.39 is 15.1 Å². The molecule has 2 nitrogen and oxygen atoms in total. The van der Waals surface area contributed by atoms with Crippen LogP contribution in [0.3, 0.4) is 0 Å². The summed E-state index contributed by atoms with van der Waals surface area (Å²) in [4.78, 5) is 0.131. The summed E-state index contributed by atoms with van der Waals surface area (Å²) in [6, 6.07) is 12.9. The van der Waals surface area contributed by atoms with Gasteiger partial charge in [0.25, 0.3) is 0 Å². The minimum atomic E-state index is -3.56. The molecule has 2 aromatic rings. The molecule has 2 aliphatic rings. The first-order valence-corrected chi connectivity index (χ1v) is 10.8. The molecule has 2 atom stereocenters. The molecule has 5 heteroatoms. The number of allylic oxidation sites excluding steroid dienone is 1. The maximum absolute atomic E-state index is 13.2. The van der Waals surface area contributed by atoms with E-state index in [9.17, 15) is 8.42 Å². The second-order valence-electron chi connectivity index (χ2n) is 6.75. The molecule has 4 rings (SSSR count). The normalized spacial score (nSPS) is 22.7. The number of rotatable bonds is 2. The van der Waals surface area contributed by atoms with Crippen LogP contribution in [0.4, 0.5) is 0 Å². The van der Waals surface area contributed by atoms with Gasteiger partial charge in [0.2, 0.25) is 0 Å². The Hall–Kier alpha value is -1.29. The SMILES string of the molecule is O=S(=O)(c1cc(Cl)ccc1Cl)C1C=C2c3ccccc3CCC2CC1. The maximum Gasteiger partial charge on any atom is 0.186 e. The molecule has 0 amide bonds. The molecule has 0 spiro atoms. The number of hydrogen-bond donors (Lipinski definition) is 0. The van der Waals surface area contributed by atoms with Crippen LogP contribution in [0.15, 0.2) is 53.4 Å². The Morgan fingerprint density at radius 1 is 0.960 bits per heavy atom. The van der Waals surface area contributed by atoms with Gasteiger partial charge in [-0.25, -0.2) is 8.42 Å². The number of sulfone groups is 1. The molecule has 2 aromatic carbocycles. The van der Waals surface area contributed by atoms with E-state index in [1.54, 1.807) is 12.1 Å². The average Bonchev–Trinajstić information content (AvgIpc) is 2.63. The molecule has 0 aliphatic heterocycles. The van der Waals surface area contributed by atoms with E-state index in [4.69, 9.17) is 23.2 Å². The lowest BCUT2D eigenvalue weighted by Gasteiger charge is -2.33. The Labute approximate surface area is 158 Å². The molecular formula is C20H18Cl2O2S. The van der Waals surface area contributed by atoms with Gasteiger partial charge in [0, 0.05) is 5.02 Å². The van der Waals surface area contributed by atoms with Crippen molar-refractivity contribution in [2.24, 2.45) is 5.92 Å². The number of benzene rings is 2. The molecule has 130 valence electrons. The van der Waals surface area contributed by atoms with Gasteiger partial charge in [-0.2, -0.15) is 0 Å². The average molecular weight is 393 g/mol. The van der Waals surface area contributed by atoms with Crippen LogP contribution >= 0.6 is 23.2 Å². The molecule has 0 heterocycles. The van der Waals surface area contributed by atoms with Gasteiger partial charge in [-0.3, -0.25) is 0 Å². The van der Waals surface area contributed by atoms with Gasteiger partial charge in [-0.05, 0) is 66.5 Å². The number of aryl methyl sites for hydroxylation is 1. The summed E-state index contributed by atoms with van der Waals surface area (Å²) in [5.74, 6) is 0.455. The van der Waals surface area contributed by atoms with Crippen LogP contribution in [-0.4, -0.2) is 13.7 Å². The number of halogens is 2. The molecule has 0 aromatic heterocycles. The molecule has 0 N–H and O–H groups in total. The Morgan fingerprint density at radius 3 is 2.60 bits per heavy atom. The summed E-state index contributed by atoms with van der Waals surface area (Å²) in [6.45, 7) is 0. The molecule has 0 radical (unpaired) electrons. The highest BCUT2D eigenvalue weighted by atomic mass is 35.5. The number of hydrogen-bond acceptors (Lipinski definition) is 2. The first kappa shape index (κ1) is 17.1. The summed E-state index contributed by atoms with van der Waals surface area (Å²) in [5.41, 5.74) is 3.69. The van der Waals surface area contributed by atoms with Crippen LogP contribution in [-0.2, 0) is 16.3 Å². The fraction of sp³-hybridized carbons (Fsp3) is 0.300. The zero-order valence-corrected chi connectivity index (χ0v) is 15.9. The lowest BCUT2D eigenvalue weighted by molar-refractivity contribution is 0.500. The molecule has 0 saturated carbocycles. The van der Waals surface area contributed by atoms with Gasteiger partial charge in [-0.1, -0.05) is 53.5 Å². The zero-order valence-electron chi connectivity index (χ0n) is 13.6. The lowest BCUT2D eigenvalue weighted by Crippen LogP contribution is -2.27. The molecule has 0 saturated heterocycles. The largest absolute Gasteiger partial charge is 0.223 e. The molecule has 0 fully saturated rings. The van der Waals surface area contributed by atoms with E-state index in [-0.39, 0.29) is 9.92 Å². The van der Waals surface area contributed by atoms with Gasteiger partial charge in [0.15, 0.2) is 9.84 Å². The summed E-state index contributed by atoms with van der Waals surface area (Å²) >= 11 is 12.2. The predicted octanol–water partition coefficient (Wildman–Crippen LogP) is 5.58. The van der Waals surface area contributed by atoms with E-state index in [0.717, 1.165) is 19.3 Å². The fourth-order valence-corrected chi connectivity index (χ4v) is 6.41. The Bertz CT molecular complexity index is 963. The highest BCUT2D eigenvalue weighted by molar-refractivity contribution is 7.92. The summed E-state index contributed by atoms with van der Waals surface area (Å²) in [6.07, 6.45) is 5.63. The highest BCUT2D eigenvalue weighted by Gasteiger charge is 2.35. The van der Waals surface area contributed by atoms with Crippen molar-refractivity contribution in [1.82, 2.24) is 0 Å². The standard InChI is InChI=1S/C20H18Cl2O2S/c21-15-8-10-19(22)20(11-15)25(23,24)16-9-7-14-6-5-13-3-1-2-4-17(13)18(14)12-16/h1-4,8,10-12,14,16H,5-7,9H2. The Morgan fingerprint density at radius 2 is 1.76 bits per heavy atom. The fourth-order valence-electron chi connectivity index (χ4n) is 4.00. The van der Waals surface area contributed by atoms with Gasteiger partial charge in [0.1, 0.15) is 0 Å². The van der Waals surface area contributed by atoms with Crippen LogP contribution in [0, 0.1) is 5.92 Å². The third-order valence-electron chi connectivity index (χ3n) is 5.29. The van der Waals surface area contributed by atoms with Crippen LogP contribution in [0.1, 0.15) is 30.4 Å². The third-order valence-corrected chi connectivity index (χ3v) is 8.09. The van der Waals surface area contributed by atoms with Gasteiger partial charge >= 0.3 is 0 Å². The zero-order chi connectivity index (χ0) is 17.6. The smallest absolute Gasteiger partial charge is 0.186 e. The van der Waals surface area contributed by atoms with E-state index in [1.165, 1.54) is 22.8 Å². The molecule has 0 bridgehead atoms. The quantitative estimate of drug-likeness (QED) is 0.668. The van der Waals surface area contributed by atoms with Crippen LogP contribution in [0.25, 0.3) is 5.57 Å². The Balaban J connectivity index is 1.79. The van der Waals surface area contributed by atoms with Crippen LogP contribution in [0.5, 0.6) is 0 Å². The van der Waals surface area contributed by atoms with Crippen molar-refractivity contribution in [3.05, 3.63) is 69.7 Å². The number of fused-ring (bicyclic) bond motifs is 3. The Kier molecular flexibility index (Phi) is 4.43. The third kappa shape index (κ3) is 3.03. The molecule has 2 unspecified atom stereocenters. The predicted molar refractivity (Wildman–Crippen MR) is 103 cm³/mol. The second kappa shape index (κ2) is 6.46. The van der Waals surface area contributed by atoms with Crippen molar-refractivity contribution in [3.63, 3.8) is 0 Å². The minimum Gasteiger partial charge on any atom is -0.223 e. The van der Waals surface area contributed by atoms with Gasteiger partial charge in [0.05, 0.1) is 15.2 Å². The first-order valence-electron chi connectivity index (χ1n) is 8.46. The van der Waals surface area contributed by atoms with Crippen molar-refractivity contribution in [3.8, 4) is 0 Å².